The Balaban J connectivity index is 1.84. The molecular weight excluding hydrogens is 346 g/mol. The average Bonchev–Trinajstić information content (AvgIpc) is 3.05. The summed E-state index contributed by atoms with van der Waals surface area (Å²) in [5.74, 6) is -0.108. The summed E-state index contributed by atoms with van der Waals surface area (Å²) < 4.78 is 0. The van der Waals surface area contributed by atoms with Gasteiger partial charge in [0, 0.05) is 40.8 Å². The summed E-state index contributed by atoms with van der Waals surface area (Å²) in [4.78, 5) is 19.8. The number of nitrogens with one attached hydrogen (secondary N) is 2. The van der Waals surface area contributed by atoms with Crippen molar-refractivity contribution in [2.75, 3.05) is 5.32 Å². The van der Waals surface area contributed by atoms with Crippen molar-refractivity contribution in [3.63, 3.8) is 0 Å². The Morgan fingerprint density at radius 2 is 1.89 bits per heavy atom. The van der Waals surface area contributed by atoms with Gasteiger partial charge < -0.3 is 15.1 Å². The van der Waals surface area contributed by atoms with Crippen LogP contribution in [0, 0.1) is 5.41 Å². The van der Waals surface area contributed by atoms with Gasteiger partial charge in [0.25, 0.3) is 0 Å². The highest BCUT2D eigenvalue weighted by Crippen LogP contribution is 2.48. The summed E-state index contributed by atoms with van der Waals surface area (Å²) in [7, 11) is 0. The third-order valence-corrected chi connectivity index (χ3v) is 5.68. The molecule has 2 N–H and O–H groups in total. The van der Waals surface area contributed by atoms with E-state index in [2.05, 4.69) is 60.3 Å². The van der Waals surface area contributed by atoms with E-state index >= 15 is 0 Å². The van der Waals surface area contributed by atoms with E-state index in [1.54, 1.807) is 12.4 Å². The number of hydrogen-bond donors (Lipinski definition) is 2. The van der Waals surface area contributed by atoms with Crippen LogP contribution in [0.25, 0.3) is 11.3 Å². The molecule has 0 saturated heterocycles. The lowest BCUT2D eigenvalue weighted by Gasteiger charge is -2.33. The molecule has 3 aromatic rings. The standard InChI is InChI=1S/C24H27N3O/c1-4-16-5-7-19(8-6-16)26-23-21-18(15-28)13-24(2,3)14-20(21)27-22(23)17-9-11-25-12-10-17/h5-12,15,18,26-27H,4,13-14H2,1-3H3. The number of fused-ring (bicyclic) bond motifs is 1. The van der Waals surface area contributed by atoms with Gasteiger partial charge in [0.15, 0.2) is 0 Å². The van der Waals surface area contributed by atoms with Crippen LogP contribution in [0.5, 0.6) is 0 Å². The molecule has 28 heavy (non-hydrogen) atoms. The van der Waals surface area contributed by atoms with E-state index in [0.29, 0.717) is 0 Å². The number of pyridine rings is 1. The third-order valence-electron chi connectivity index (χ3n) is 5.68. The molecule has 2 heterocycles. The zero-order chi connectivity index (χ0) is 19.7. The van der Waals surface area contributed by atoms with E-state index in [1.807, 2.05) is 12.1 Å². The molecule has 1 aliphatic rings. The topological polar surface area (TPSA) is 57.8 Å². The highest BCUT2D eigenvalue weighted by molar-refractivity contribution is 5.86. The van der Waals surface area contributed by atoms with Crippen molar-refractivity contribution in [1.82, 2.24) is 9.97 Å². The predicted octanol–water partition coefficient (Wildman–Crippen LogP) is 5.64. The average molecular weight is 374 g/mol. The van der Waals surface area contributed by atoms with E-state index in [9.17, 15) is 4.79 Å². The summed E-state index contributed by atoms with van der Waals surface area (Å²) in [6, 6.07) is 12.5. The highest BCUT2D eigenvalue weighted by atomic mass is 16.1. The normalized spacial score (nSPS) is 17.8. The number of aromatic nitrogens is 2. The van der Waals surface area contributed by atoms with Gasteiger partial charge in [-0.05, 0) is 54.5 Å². The van der Waals surface area contributed by atoms with Gasteiger partial charge >= 0.3 is 0 Å². The Labute approximate surface area is 166 Å². The summed E-state index contributed by atoms with van der Waals surface area (Å²) in [5.41, 5.74) is 7.81. The fourth-order valence-electron chi connectivity index (χ4n) is 4.31. The molecule has 4 heteroatoms. The molecule has 4 rings (SSSR count). The number of hydrogen-bond acceptors (Lipinski definition) is 3. The van der Waals surface area contributed by atoms with E-state index < -0.39 is 0 Å². The van der Waals surface area contributed by atoms with Gasteiger partial charge in [-0.2, -0.15) is 0 Å². The van der Waals surface area contributed by atoms with Crippen molar-refractivity contribution >= 4 is 17.7 Å². The van der Waals surface area contributed by atoms with E-state index in [-0.39, 0.29) is 11.3 Å². The van der Waals surface area contributed by atoms with E-state index in [4.69, 9.17) is 0 Å². The number of aldehydes is 1. The van der Waals surface area contributed by atoms with Crippen LogP contribution in [-0.2, 0) is 17.6 Å². The smallest absolute Gasteiger partial charge is 0.127 e. The fourth-order valence-corrected chi connectivity index (χ4v) is 4.31. The second-order valence-electron chi connectivity index (χ2n) is 8.47. The van der Waals surface area contributed by atoms with Crippen LogP contribution < -0.4 is 5.32 Å². The lowest BCUT2D eigenvalue weighted by Crippen LogP contribution is -2.26. The minimum absolute atomic E-state index is 0.0962. The lowest BCUT2D eigenvalue weighted by molar-refractivity contribution is -0.109. The molecule has 1 unspecified atom stereocenters. The first kappa shape index (κ1) is 18.5. The first-order chi connectivity index (χ1) is 13.5. The van der Waals surface area contributed by atoms with E-state index in [0.717, 1.165) is 59.4 Å². The molecule has 0 radical (unpaired) electrons. The zero-order valence-electron chi connectivity index (χ0n) is 16.8. The third kappa shape index (κ3) is 3.47. The summed E-state index contributed by atoms with van der Waals surface area (Å²) in [6.07, 6.45) is 7.52. The van der Waals surface area contributed by atoms with Crippen molar-refractivity contribution in [2.24, 2.45) is 5.41 Å². The number of benzene rings is 1. The largest absolute Gasteiger partial charge is 0.356 e. The highest BCUT2D eigenvalue weighted by Gasteiger charge is 2.36. The molecule has 0 amide bonds. The Morgan fingerprint density at radius 1 is 1.18 bits per heavy atom. The van der Waals surface area contributed by atoms with Gasteiger partial charge in [-0.3, -0.25) is 4.98 Å². The van der Waals surface area contributed by atoms with Gasteiger partial charge in [-0.25, -0.2) is 0 Å². The van der Waals surface area contributed by atoms with Gasteiger partial charge in [-0.1, -0.05) is 32.9 Å². The lowest BCUT2D eigenvalue weighted by atomic mass is 9.71. The van der Waals surface area contributed by atoms with Gasteiger partial charge in [0.1, 0.15) is 6.29 Å². The second kappa shape index (κ2) is 7.27. The molecule has 0 aliphatic heterocycles. The van der Waals surface area contributed by atoms with Gasteiger partial charge in [0.05, 0.1) is 11.4 Å². The molecule has 1 aromatic carbocycles. The predicted molar refractivity (Wildman–Crippen MR) is 114 cm³/mol. The summed E-state index contributed by atoms with van der Waals surface area (Å²) in [6.45, 7) is 6.62. The van der Waals surface area contributed by atoms with Crippen molar-refractivity contribution in [3.05, 3.63) is 65.6 Å². The maximum Gasteiger partial charge on any atom is 0.127 e. The molecule has 1 aliphatic carbocycles. The van der Waals surface area contributed by atoms with Crippen LogP contribution in [0.3, 0.4) is 0 Å². The molecule has 0 saturated carbocycles. The SMILES string of the molecule is CCc1ccc(Nc2c(-c3ccncc3)[nH]c3c2C(C=O)CC(C)(C)C3)cc1. The number of nitrogens with zero attached hydrogens (tertiary/aromatic N) is 1. The maximum absolute atomic E-state index is 12.0. The first-order valence-corrected chi connectivity index (χ1v) is 9.97. The number of H-pyrrole nitrogens is 1. The number of aromatic amines is 1. The number of carbonyl (C=O) groups is 1. The van der Waals surface area contributed by atoms with Crippen LogP contribution in [0.15, 0.2) is 48.8 Å². The summed E-state index contributed by atoms with van der Waals surface area (Å²) >= 11 is 0. The minimum atomic E-state index is -0.108. The Morgan fingerprint density at radius 3 is 2.54 bits per heavy atom. The number of anilines is 2. The fraction of sp³-hybridized carbons (Fsp3) is 0.333. The molecule has 2 aromatic heterocycles. The van der Waals surface area contributed by atoms with Crippen LogP contribution in [0.4, 0.5) is 11.4 Å². The number of aryl methyl sites for hydroxylation is 1. The van der Waals surface area contributed by atoms with Gasteiger partial charge in [-0.15, -0.1) is 0 Å². The van der Waals surface area contributed by atoms with Crippen LogP contribution >= 0.6 is 0 Å². The molecule has 4 nitrogen and oxygen atoms in total. The Hall–Kier alpha value is -2.88. The first-order valence-electron chi connectivity index (χ1n) is 9.97. The van der Waals surface area contributed by atoms with Crippen molar-refractivity contribution in [1.29, 1.82) is 0 Å². The molecule has 0 fully saturated rings. The number of rotatable bonds is 5. The van der Waals surface area contributed by atoms with Crippen molar-refractivity contribution < 1.29 is 4.79 Å². The minimum Gasteiger partial charge on any atom is -0.356 e. The van der Waals surface area contributed by atoms with E-state index in [1.165, 1.54) is 5.56 Å². The quantitative estimate of drug-likeness (QED) is 0.569. The molecule has 0 bridgehead atoms. The Bertz CT molecular complexity index is 971. The van der Waals surface area contributed by atoms with Crippen LogP contribution in [0.2, 0.25) is 0 Å². The van der Waals surface area contributed by atoms with Crippen molar-refractivity contribution in [2.45, 2.75) is 46.0 Å². The maximum atomic E-state index is 12.0. The second-order valence-corrected chi connectivity index (χ2v) is 8.47. The molecule has 0 spiro atoms. The molecule has 144 valence electrons. The van der Waals surface area contributed by atoms with Crippen molar-refractivity contribution in [3.8, 4) is 11.3 Å². The Kier molecular flexibility index (Phi) is 4.80. The monoisotopic (exact) mass is 373 g/mol. The van der Waals surface area contributed by atoms with Crippen LogP contribution in [-0.4, -0.2) is 16.3 Å². The van der Waals surface area contributed by atoms with Crippen LogP contribution in [0.1, 0.15) is 49.9 Å². The van der Waals surface area contributed by atoms with Gasteiger partial charge in [0.2, 0.25) is 0 Å². The molecular formula is C24H27N3O. The zero-order valence-corrected chi connectivity index (χ0v) is 16.8. The number of carbonyl (C=O) groups excluding carboxylic acids is 1. The summed E-state index contributed by atoms with van der Waals surface area (Å²) in [5, 5.41) is 3.61. The molecule has 1 atom stereocenters.